The van der Waals surface area contributed by atoms with Gasteiger partial charge in [-0.05, 0) is 19.3 Å². The van der Waals surface area contributed by atoms with Crippen LogP contribution < -0.4 is 5.32 Å². The molecule has 1 heterocycles. The van der Waals surface area contributed by atoms with Crippen LogP contribution in [-0.2, 0) is 4.79 Å². The van der Waals surface area contributed by atoms with Gasteiger partial charge in [-0.1, -0.05) is 26.7 Å². The first-order chi connectivity index (χ1) is 7.18. The lowest BCUT2D eigenvalue weighted by Gasteiger charge is -2.24. The number of hydrogen-bond donors (Lipinski definition) is 1. The number of likely N-dealkylation sites (tertiary alicyclic amines) is 1. The van der Waals surface area contributed by atoms with Crippen LogP contribution in [0.3, 0.4) is 0 Å². The summed E-state index contributed by atoms with van der Waals surface area (Å²) in [4.78, 5) is 14.2. The van der Waals surface area contributed by atoms with E-state index < -0.39 is 0 Å². The SMILES string of the molecule is CC(C)NC1CCN(C2CCCC2)C1=O. The van der Waals surface area contributed by atoms with Crippen molar-refractivity contribution in [2.75, 3.05) is 6.54 Å². The first-order valence-electron chi connectivity index (χ1n) is 6.25. The maximum Gasteiger partial charge on any atom is 0.240 e. The Labute approximate surface area is 92.2 Å². The number of amides is 1. The third-order valence-electron chi connectivity index (χ3n) is 3.54. The maximum absolute atomic E-state index is 12.1. The Morgan fingerprint density at radius 2 is 1.93 bits per heavy atom. The van der Waals surface area contributed by atoms with Gasteiger partial charge in [-0.3, -0.25) is 4.79 Å². The van der Waals surface area contributed by atoms with Crippen molar-refractivity contribution in [1.82, 2.24) is 10.2 Å². The van der Waals surface area contributed by atoms with Crippen molar-refractivity contribution in [3.05, 3.63) is 0 Å². The summed E-state index contributed by atoms with van der Waals surface area (Å²) >= 11 is 0. The smallest absolute Gasteiger partial charge is 0.240 e. The Kier molecular flexibility index (Phi) is 3.29. The molecule has 3 nitrogen and oxygen atoms in total. The second-order valence-electron chi connectivity index (χ2n) is 5.13. The molecule has 2 aliphatic rings. The molecule has 15 heavy (non-hydrogen) atoms. The average molecular weight is 210 g/mol. The highest BCUT2D eigenvalue weighted by molar-refractivity contribution is 5.84. The van der Waals surface area contributed by atoms with Gasteiger partial charge in [-0.15, -0.1) is 0 Å². The monoisotopic (exact) mass is 210 g/mol. The number of hydrogen-bond acceptors (Lipinski definition) is 2. The minimum Gasteiger partial charge on any atom is -0.338 e. The maximum atomic E-state index is 12.1. The lowest BCUT2D eigenvalue weighted by Crippen LogP contribution is -2.44. The number of nitrogens with one attached hydrogen (secondary N) is 1. The molecule has 1 aliphatic carbocycles. The Morgan fingerprint density at radius 3 is 2.53 bits per heavy atom. The molecule has 0 bridgehead atoms. The van der Waals surface area contributed by atoms with Gasteiger partial charge in [-0.2, -0.15) is 0 Å². The summed E-state index contributed by atoms with van der Waals surface area (Å²) in [6.45, 7) is 5.17. The lowest BCUT2D eigenvalue weighted by atomic mass is 10.2. The average Bonchev–Trinajstić information content (AvgIpc) is 2.76. The molecule has 0 aromatic heterocycles. The van der Waals surface area contributed by atoms with Crippen molar-refractivity contribution in [3.63, 3.8) is 0 Å². The summed E-state index contributed by atoms with van der Waals surface area (Å²) in [5.41, 5.74) is 0. The summed E-state index contributed by atoms with van der Waals surface area (Å²) in [5, 5.41) is 3.35. The van der Waals surface area contributed by atoms with Crippen molar-refractivity contribution >= 4 is 5.91 Å². The van der Waals surface area contributed by atoms with E-state index in [4.69, 9.17) is 0 Å². The van der Waals surface area contributed by atoms with E-state index in [1.54, 1.807) is 0 Å². The van der Waals surface area contributed by atoms with Crippen molar-refractivity contribution in [3.8, 4) is 0 Å². The van der Waals surface area contributed by atoms with Crippen LogP contribution in [0.4, 0.5) is 0 Å². The minimum absolute atomic E-state index is 0.0885. The molecule has 1 unspecified atom stereocenters. The topological polar surface area (TPSA) is 32.3 Å². The molecule has 1 amide bonds. The third kappa shape index (κ3) is 2.33. The molecule has 1 saturated carbocycles. The van der Waals surface area contributed by atoms with E-state index in [0.717, 1.165) is 13.0 Å². The van der Waals surface area contributed by atoms with E-state index in [1.807, 2.05) is 0 Å². The highest BCUT2D eigenvalue weighted by Crippen LogP contribution is 2.27. The molecule has 1 atom stereocenters. The molecule has 0 spiro atoms. The zero-order valence-corrected chi connectivity index (χ0v) is 9.83. The lowest BCUT2D eigenvalue weighted by molar-refractivity contribution is -0.131. The number of carbonyl (C=O) groups excluding carboxylic acids is 1. The molecule has 0 aromatic carbocycles. The van der Waals surface area contributed by atoms with Crippen LogP contribution in [0.1, 0.15) is 46.0 Å². The van der Waals surface area contributed by atoms with E-state index in [2.05, 4.69) is 24.1 Å². The fraction of sp³-hybridized carbons (Fsp3) is 0.917. The van der Waals surface area contributed by atoms with Gasteiger partial charge in [0.1, 0.15) is 0 Å². The largest absolute Gasteiger partial charge is 0.338 e. The van der Waals surface area contributed by atoms with Crippen molar-refractivity contribution in [2.45, 2.75) is 64.1 Å². The van der Waals surface area contributed by atoms with Gasteiger partial charge in [-0.25, -0.2) is 0 Å². The summed E-state index contributed by atoms with van der Waals surface area (Å²) in [5.74, 6) is 0.343. The molecule has 1 saturated heterocycles. The van der Waals surface area contributed by atoms with Gasteiger partial charge >= 0.3 is 0 Å². The van der Waals surface area contributed by atoms with Crippen LogP contribution >= 0.6 is 0 Å². The Balaban J connectivity index is 1.91. The number of rotatable bonds is 3. The van der Waals surface area contributed by atoms with Crippen LogP contribution in [0.5, 0.6) is 0 Å². The minimum atomic E-state index is 0.0885. The van der Waals surface area contributed by atoms with Crippen LogP contribution in [0.2, 0.25) is 0 Å². The Morgan fingerprint density at radius 1 is 1.27 bits per heavy atom. The quantitative estimate of drug-likeness (QED) is 0.766. The fourth-order valence-corrected chi connectivity index (χ4v) is 2.84. The fourth-order valence-electron chi connectivity index (χ4n) is 2.84. The zero-order valence-electron chi connectivity index (χ0n) is 9.83. The van der Waals surface area contributed by atoms with Crippen LogP contribution in [0.15, 0.2) is 0 Å². The standard InChI is InChI=1S/C12H22N2O/c1-9(2)13-11-7-8-14(12(11)15)10-5-3-4-6-10/h9-11,13H,3-8H2,1-2H3. The molecule has 1 aliphatic heterocycles. The second kappa shape index (κ2) is 4.52. The predicted molar refractivity (Wildman–Crippen MR) is 60.6 cm³/mol. The normalized spacial score (nSPS) is 28.3. The second-order valence-corrected chi connectivity index (χ2v) is 5.13. The first kappa shape index (κ1) is 10.9. The number of carbonyl (C=O) groups is 1. The van der Waals surface area contributed by atoms with Crippen molar-refractivity contribution in [2.24, 2.45) is 0 Å². The highest BCUT2D eigenvalue weighted by atomic mass is 16.2. The van der Waals surface area contributed by atoms with Crippen LogP contribution in [-0.4, -0.2) is 35.5 Å². The molecule has 3 heteroatoms. The van der Waals surface area contributed by atoms with Gasteiger partial charge in [0.25, 0.3) is 0 Å². The molecule has 0 radical (unpaired) electrons. The first-order valence-corrected chi connectivity index (χ1v) is 6.25. The molecular weight excluding hydrogens is 188 g/mol. The molecular formula is C12H22N2O. The van der Waals surface area contributed by atoms with E-state index in [1.165, 1.54) is 25.7 Å². The van der Waals surface area contributed by atoms with Crippen molar-refractivity contribution < 1.29 is 4.79 Å². The van der Waals surface area contributed by atoms with E-state index in [0.29, 0.717) is 18.0 Å². The Bertz CT molecular complexity index is 234. The van der Waals surface area contributed by atoms with E-state index in [-0.39, 0.29) is 6.04 Å². The molecule has 86 valence electrons. The summed E-state index contributed by atoms with van der Waals surface area (Å²) in [7, 11) is 0. The summed E-state index contributed by atoms with van der Waals surface area (Å²) in [6, 6.07) is 1.05. The van der Waals surface area contributed by atoms with Gasteiger partial charge in [0.15, 0.2) is 0 Å². The molecule has 0 aromatic rings. The van der Waals surface area contributed by atoms with Gasteiger partial charge in [0.2, 0.25) is 5.91 Å². The van der Waals surface area contributed by atoms with Gasteiger partial charge in [0.05, 0.1) is 6.04 Å². The zero-order chi connectivity index (χ0) is 10.8. The summed E-state index contributed by atoms with van der Waals surface area (Å²) < 4.78 is 0. The molecule has 2 rings (SSSR count). The van der Waals surface area contributed by atoms with E-state index >= 15 is 0 Å². The highest BCUT2D eigenvalue weighted by Gasteiger charge is 2.36. The Hall–Kier alpha value is -0.570. The molecule has 2 fully saturated rings. The van der Waals surface area contributed by atoms with Crippen LogP contribution in [0, 0.1) is 0 Å². The predicted octanol–water partition coefficient (Wildman–Crippen LogP) is 1.53. The van der Waals surface area contributed by atoms with Crippen molar-refractivity contribution in [1.29, 1.82) is 0 Å². The van der Waals surface area contributed by atoms with Gasteiger partial charge in [0, 0.05) is 18.6 Å². The summed E-state index contributed by atoms with van der Waals surface area (Å²) in [6.07, 6.45) is 6.04. The third-order valence-corrected chi connectivity index (χ3v) is 3.54. The number of nitrogens with zero attached hydrogens (tertiary/aromatic N) is 1. The van der Waals surface area contributed by atoms with Crippen LogP contribution in [0.25, 0.3) is 0 Å². The van der Waals surface area contributed by atoms with Gasteiger partial charge < -0.3 is 10.2 Å². The molecule has 1 N–H and O–H groups in total. The van der Waals surface area contributed by atoms with E-state index in [9.17, 15) is 4.79 Å².